The molecule has 98 valence electrons. The van der Waals surface area contributed by atoms with Crippen LogP contribution < -0.4 is 5.32 Å². The molecule has 0 aliphatic carbocycles. The first kappa shape index (κ1) is 13.6. The second-order valence-electron chi connectivity index (χ2n) is 4.57. The number of rotatable bonds is 5. The normalized spacial score (nSPS) is 12.0. The Kier molecular flexibility index (Phi) is 4.13. The SMILES string of the molecule is CCC(CC)(CC)Nc1nc2cccc(Cl)c2s1. The summed E-state index contributed by atoms with van der Waals surface area (Å²) in [6, 6.07) is 5.87. The van der Waals surface area contributed by atoms with Gasteiger partial charge in [-0.1, -0.05) is 49.8 Å². The molecule has 0 aliphatic rings. The summed E-state index contributed by atoms with van der Waals surface area (Å²) in [6.45, 7) is 6.67. The lowest BCUT2D eigenvalue weighted by Crippen LogP contribution is -2.35. The van der Waals surface area contributed by atoms with E-state index in [1.807, 2.05) is 18.2 Å². The van der Waals surface area contributed by atoms with E-state index in [9.17, 15) is 0 Å². The zero-order valence-corrected chi connectivity index (χ0v) is 12.7. The number of hydrogen-bond donors (Lipinski definition) is 1. The molecule has 0 atom stereocenters. The maximum Gasteiger partial charge on any atom is 0.184 e. The molecule has 1 heterocycles. The van der Waals surface area contributed by atoms with Crippen molar-refractivity contribution >= 4 is 38.3 Å². The van der Waals surface area contributed by atoms with Crippen LogP contribution in [0.2, 0.25) is 5.02 Å². The van der Waals surface area contributed by atoms with Gasteiger partial charge in [-0.15, -0.1) is 0 Å². The van der Waals surface area contributed by atoms with E-state index >= 15 is 0 Å². The molecule has 0 radical (unpaired) electrons. The highest BCUT2D eigenvalue weighted by molar-refractivity contribution is 7.22. The Labute approximate surface area is 117 Å². The van der Waals surface area contributed by atoms with Gasteiger partial charge in [0.25, 0.3) is 0 Å². The highest BCUT2D eigenvalue weighted by Gasteiger charge is 2.24. The van der Waals surface area contributed by atoms with Gasteiger partial charge in [-0.05, 0) is 31.4 Å². The minimum atomic E-state index is 0.153. The number of hydrogen-bond acceptors (Lipinski definition) is 3. The van der Waals surface area contributed by atoms with Gasteiger partial charge in [0.1, 0.15) is 0 Å². The average molecular weight is 283 g/mol. The smallest absolute Gasteiger partial charge is 0.184 e. The molecule has 0 fully saturated rings. The predicted molar refractivity (Wildman–Crippen MR) is 81.9 cm³/mol. The van der Waals surface area contributed by atoms with Crippen LogP contribution in [0.4, 0.5) is 5.13 Å². The van der Waals surface area contributed by atoms with Gasteiger partial charge in [0, 0.05) is 5.54 Å². The third kappa shape index (κ3) is 2.47. The van der Waals surface area contributed by atoms with Crippen LogP contribution in [0.1, 0.15) is 40.0 Å². The Morgan fingerprint density at radius 2 is 1.89 bits per heavy atom. The van der Waals surface area contributed by atoms with Crippen molar-refractivity contribution in [1.29, 1.82) is 0 Å². The molecular weight excluding hydrogens is 264 g/mol. The van der Waals surface area contributed by atoms with E-state index in [1.165, 1.54) is 0 Å². The summed E-state index contributed by atoms with van der Waals surface area (Å²) in [5, 5.41) is 5.37. The fraction of sp³-hybridized carbons (Fsp3) is 0.500. The van der Waals surface area contributed by atoms with Crippen LogP contribution in [0.5, 0.6) is 0 Å². The van der Waals surface area contributed by atoms with Crippen LogP contribution in [0.3, 0.4) is 0 Å². The second kappa shape index (κ2) is 5.45. The molecule has 18 heavy (non-hydrogen) atoms. The third-order valence-corrected chi connectivity index (χ3v) is 5.22. The van der Waals surface area contributed by atoms with E-state index in [1.54, 1.807) is 11.3 Å². The first-order valence-electron chi connectivity index (χ1n) is 6.47. The highest BCUT2D eigenvalue weighted by Crippen LogP contribution is 2.34. The number of halogens is 1. The largest absolute Gasteiger partial charge is 0.356 e. The van der Waals surface area contributed by atoms with Crippen LogP contribution in [0.15, 0.2) is 18.2 Å². The van der Waals surface area contributed by atoms with Gasteiger partial charge >= 0.3 is 0 Å². The number of fused-ring (bicyclic) bond motifs is 1. The molecule has 0 amide bonds. The standard InChI is InChI=1S/C14H19ClN2S/c1-4-14(5-2,6-3)17-13-16-11-9-7-8-10(15)12(11)18-13/h7-9H,4-6H2,1-3H3,(H,16,17). The lowest BCUT2D eigenvalue weighted by molar-refractivity contribution is 0.420. The molecule has 0 bridgehead atoms. The fourth-order valence-corrected chi connectivity index (χ4v) is 3.48. The van der Waals surface area contributed by atoms with Crippen molar-refractivity contribution in [2.75, 3.05) is 5.32 Å². The summed E-state index contributed by atoms with van der Waals surface area (Å²) < 4.78 is 1.07. The Morgan fingerprint density at radius 3 is 2.44 bits per heavy atom. The number of nitrogens with one attached hydrogen (secondary N) is 1. The molecule has 1 N–H and O–H groups in total. The van der Waals surface area contributed by atoms with Crippen molar-refractivity contribution in [3.05, 3.63) is 23.2 Å². The molecule has 4 heteroatoms. The van der Waals surface area contributed by atoms with E-state index in [0.717, 1.165) is 39.6 Å². The zero-order valence-electron chi connectivity index (χ0n) is 11.1. The van der Waals surface area contributed by atoms with Crippen LogP contribution in [-0.2, 0) is 0 Å². The summed E-state index contributed by atoms with van der Waals surface area (Å²) in [5.74, 6) is 0. The van der Waals surface area contributed by atoms with Crippen molar-refractivity contribution in [3.63, 3.8) is 0 Å². The number of thiazole rings is 1. The summed E-state index contributed by atoms with van der Waals surface area (Å²) in [4.78, 5) is 4.63. The zero-order chi connectivity index (χ0) is 13.2. The molecule has 2 aromatic rings. The third-order valence-electron chi connectivity index (χ3n) is 3.77. The summed E-state index contributed by atoms with van der Waals surface area (Å²) in [5.41, 5.74) is 1.13. The first-order valence-corrected chi connectivity index (χ1v) is 7.66. The number of benzene rings is 1. The lowest BCUT2D eigenvalue weighted by Gasteiger charge is -2.31. The Balaban J connectivity index is 2.34. The quantitative estimate of drug-likeness (QED) is 0.802. The summed E-state index contributed by atoms with van der Waals surface area (Å²) in [7, 11) is 0. The Hall–Kier alpha value is -0.800. The topological polar surface area (TPSA) is 24.9 Å². The molecule has 2 nitrogen and oxygen atoms in total. The number of anilines is 1. The van der Waals surface area contributed by atoms with Crippen molar-refractivity contribution < 1.29 is 0 Å². The summed E-state index contributed by atoms with van der Waals surface area (Å²) in [6.07, 6.45) is 3.30. The molecule has 0 spiro atoms. The molecule has 0 aliphatic heterocycles. The van der Waals surface area contributed by atoms with Gasteiger partial charge < -0.3 is 5.32 Å². The molecule has 2 rings (SSSR count). The lowest BCUT2D eigenvalue weighted by atomic mass is 9.90. The van der Waals surface area contributed by atoms with Crippen LogP contribution in [0, 0.1) is 0 Å². The fourth-order valence-electron chi connectivity index (χ4n) is 2.21. The van der Waals surface area contributed by atoms with Crippen molar-refractivity contribution in [2.45, 2.75) is 45.6 Å². The van der Waals surface area contributed by atoms with Gasteiger partial charge in [0.05, 0.1) is 15.2 Å². The van der Waals surface area contributed by atoms with Crippen molar-refractivity contribution in [3.8, 4) is 0 Å². The Bertz CT molecular complexity index is 523. The molecule has 1 aromatic carbocycles. The van der Waals surface area contributed by atoms with Crippen molar-refractivity contribution in [1.82, 2.24) is 4.98 Å². The van der Waals surface area contributed by atoms with Gasteiger partial charge in [-0.3, -0.25) is 0 Å². The van der Waals surface area contributed by atoms with E-state index in [-0.39, 0.29) is 5.54 Å². The van der Waals surface area contributed by atoms with Crippen LogP contribution in [-0.4, -0.2) is 10.5 Å². The number of aromatic nitrogens is 1. The predicted octanol–water partition coefficient (Wildman–Crippen LogP) is 5.33. The van der Waals surface area contributed by atoms with Gasteiger partial charge in [-0.25, -0.2) is 4.98 Å². The van der Waals surface area contributed by atoms with Crippen molar-refractivity contribution in [2.24, 2.45) is 0 Å². The van der Waals surface area contributed by atoms with Gasteiger partial charge in [0.15, 0.2) is 5.13 Å². The second-order valence-corrected chi connectivity index (χ2v) is 5.98. The molecule has 1 aromatic heterocycles. The van der Waals surface area contributed by atoms with Crippen LogP contribution >= 0.6 is 22.9 Å². The van der Waals surface area contributed by atoms with Gasteiger partial charge in [0.2, 0.25) is 0 Å². The highest BCUT2D eigenvalue weighted by atomic mass is 35.5. The minimum Gasteiger partial charge on any atom is -0.356 e. The molecule has 0 unspecified atom stereocenters. The number of nitrogens with zero attached hydrogens (tertiary/aromatic N) is 1. The monoisotopic (exact) mass is 282 g/mol. The first-order chi connectivity index (χ1) is 8.64. The van der Waals surface area contributed by atoms with E-state index < -0.39 is 0 Å². The van der Waals surface area contributed by atoms with Gasteiger partial charge in [-0.2, -0.15) is 0 Å². The van der Waals surface area contributed by atoms with E-state index in [0.29, 0.717) is 0 Å². The molecule has 0 saturated carbocycles. The molecular formula is C14H19ClN2S. The maximum absolute atomic E-state index is 6.19. The summed E-state index contributed by atoms with van der Waals surface area (Å²) >= 11 is 7.83. The average Bonchev–Trinajstić information content (AvgIpc) is 2.80. The maximum atomic E-state index is 6.19. The van der Waals surface area contributed by atoms with Crippen LogP contribution in [0.25, 0.3) is 10.2 Å². The van der Waals surface area contributed by atoms with E-state index in [2.05, 4.69) is 31.1 Å². The Morgan fingerprint density at radius 1 is 1.22 bits per heavy atom. The van der Waals surface area contributed by atoms with E-state index in [4.69, 9.17) is 11.6 Å². The minimum absolute atomic E-state index is 0.153. The molecule has 0 saturated heterocycles.